The average Bonchev–Trinajstić information content (AvgIpc) is 2.81. The van der Waals surface area contributed by atoms with Crippen LogP contribution in [0.15, 0.2) is 84.0 Å². The highest BCUT2D eigenvalue weighted by molar-refractivity contribution is 7.99. The molecule has 0 atom stereocenters. The first-order chi connectivity index (χ1) is 16.0. The molecule has 0 spiro atoms. The molecule has 1 aromatic heterocycles. The van der Waals surface area contributed by atoms with Gasteiger partial charge in [0.25, 0.3) is 0 Å². The summed E-state index contributed by atoms with van der Waals surface area (Å²) in [4.78, 5) is 25.9. The third-order valence-corrected chi connectivity index (χ3v) is 5.65. The molecule has 8 heteroatoms. The van der Waals surface area contributed by atoms with E-state index in [-0.39, 0.29) is 11.7 Å². The first-order valence-electron chi connectivity index (χ1n) is 10.5. The van der Waals surface area contributed by atoms with E-state index >= 15 is 0 Å². The molecule has 0 bridgehead atoms. The van der Waals surface area contributed by atoms with Crippen molar-refractivity contribution in [3.8, 4) is 0 Å². The van der Waals surface area contributed by atoms with Crippen molar-refractivity contribution in [2.45, 2.75) is 19.0 Å². The van der Waals surface area contributed by atoms with Gasteiger partial charge < -0.3 is 16.0 Å². The Kier molecular flexibility index (Phi) is 7.16. The zero-order chi connectivity index (χ0) is 23.0. The quantitative estimate of drug-likeness (QED) is 0.293. The average molecular weight is 457 g/mol. The third kappa shape index (κ3) is 6.54. The molecule has 166 valence electrons. The lowest BCUT2D eigenvalue weighted by Crippen LogP contribution is -2.15. The van der Waals surface area contributed by atoms with Crippen LogP contribution in [0.1, 0.15) is 11.1 Å². The molecule has 4 aromatic rings. The van der Waals surface area contributed by atoms with Crippen LogP contribution in [-0.2, 0) is 4.79 Å². The fourth-order valence-corrected chi connectivity index (χ4v) is 3.61. The Morgan fingerprint density at radius 3 is 1.85 bits per heavy atom. The van der Waals surface area contributed by atoms with Crippen molar-refractivity contribution < 1.29 is 4.79 Å². The first kappa shape index (κ1) is 22.3. The summed E-state index contributed by atoms with van der Waals surface area (Å²) in [5.41, 5.74) is 4.81. The standard InChI is InChI=1S/C25H24N6OS/c1-17-13-14-21(15-18(17)2)26-22(32)16-33-25-30-23(27-19-9-5-3-6-10-19)29-24(31-25)28-20-11-7-4-8-12-20/h3-15H,16H2,1-2H3,(H,26,32)(H2,27,28,29,30,31). The zero-order valence-corrected chi connectivity index (χ0v) is 19.2. The lowest BCUT2D eigenvalue weighted by Gasteiger charge is -2.11. The number of amides is 1. The van der Waals surface area contributed by atoms with Gasteiger partial charge in [-0.1, -0.05) is 54.2 Å². The Hall–Kier alpha value is -3.91. The van der Waals surface area contributed by atoms with E-state index in [1.54, 1.807) is 0 Å². The summed E-state index contributed by atoms with van der Waals surface area (Å²) in [5, 5.41) is 9.76. The summed E-state index contributed by atoms with van der Waals surface area (Å²) in [6.45, 7) is 4.06. The van der Waals surface area contributed by atoms with Gasteiger partial charge in [0.2, 0.25) is 17.8 Å². The predicted molar refractivity (Wildman–Crippen MR) is 135 cm³/mol. The highest BCUT2D eigenvalue weighted by Gasteiger charge is 2.11. The summed E-state index contributed by atoms with van der Waals surface area (Å²) in [6.07, 6.45) is 0. The second-order valence-corrected chi connectivity index (χ2v) is 8.33. The number of nitrogens with one attached hydrogen (secondary N) is 3. The van der Waals surface area contributed by atoms with Crippen molar-refractivity contribution in [3.05, 3.63) is 90.0 Å². The van der Waals surface area contributed by atoms with Gasteiger partial charge in [0.15, 0.2) is 5.16 Å². The van der Waals surface area contributed by atoms with Crippen molar-refractivity contribution >= 4 is 46.6 Å². The summed E-state index contributed by atoms with van der Waals surface area (Å²) in [7, 11) is 0. The van der Waals surface area contributed by atoms with Crippen LogP contribution in [0.25, 0.3) is 0 Å². The van der Waals surface area contributed by atoms with Gasteiger partial charge in [-0.3, -0.25) is 4.79 Å². The van der Waals surface area contributed by atoms with Gasteiger partial charge >= 0.3 is 0 Å². The SMILES string of the molecule is Cc1ccc(NC(=O)CSc2nc(Nc3ccccc3)nc(Nc3ccccc3)n2)cc1C. The number of thioether (sulfide) groups is 1. The highest BCUT2D eigenvalue weighted by atomic mass is 32.2. The number of para-hydroxylation sites is 2. The number of nitrogens with zero attached hydrogens (tertiary/aromatic N) is 3. The second kappa shape index (κ2) is 10.6. The molecule has 1 heterocycles. The van der Waals surface area contributed by atoms with Gasteiger partial charge in [-0.15, -0.1) is 0 Å². The molecular formula is C25H24N6OS. The van der Waals surface area contributed by atoms with Gasteiger partial charge in [0, 0.05) is 17.1 Å². The van der Waals surface area contributed by atoms with Gasteiger partial charge in [-0.05, 0) is 61.4 Å². The molecule has 0 saturated heterocycles. The molecule has 0 aliphatic carbocycles. The molecule has 3 aromatic carbocycles. The van der Waals surface area contributed by atoms with Crippen molar-refractivity contribution in [2.24, 2.45) is 0 Å². The third-order valence-electron chi connectivity index (χ3n) is 4.80. The Bertz CT molecular complexity index is 1170. The second-order valence-electron chi connectivity index (χ2n) is 7.38. The molecule has 7 nitrogen and oxygen atoms in total. The zero-order valence-electron chi connectivity index (χ0n) is 18.4. The van der Waals surface area contributed by atoms with E-state index in [4.69, 9.17) is 0 Å². The number of hydrogen-bond acceptors (Lipinski definition) is 7. The van der Waals surface area contributed by atoms with Crippen LogP contribution in [0.3, 0.4) is 0 Å². The molecule has 0 aliphatic heterocycles. The lowest BCUT2D eigenvalue weighted by atomic mass is 10.1. The minimum atomic E-state index is -0.126. The molecule has 33 heavy (non-hydrogen) atoms. The highest BCUT2D eigenvalue weighted by Crippen LogP contribution is 2.22. The van der Waals surface area contributed by atoms with E-state index in [0.29, 0.717) is 17.1 Å². The Morgan fingerprint density at radius 1 is 0.727 bits per heavy atom. The molecule has 0 fully saturated rings. The van der Waals surface area contributed by atoms with E-state index in [1.165, 1.54) is 17.3 Å². The molecule has 0 saturated carbocycles. The Labute approximate surface area is 197 Å². The summed E-state index contributed by atoms with van der Waals surface area (Å²) >= 11 is 1.25. The van der Waals surface area contributed by atoms with Gasteiger partial charge in [0.1, 0.15) is 0 Å². The van der Waals surface area contributed by atoms with Crippen LogP contribution in [-0.4, -0.2) is 26.6 Å². The van der Waals surface area contributed by atoms with Crippen LogP contribution in [0.2, 0.25) is 0 Å². The Balaban J connectivity index is 1.49. The van der Waals surface area contributed by atoms with Crippen LogP contribution in [0.4, 0.5) is 29.0 Å². The van der Waals surface area contributed by atoms with Crippen molar-refractivity contribution in [1.29, 1.82) is 0 Å². The number of aromatic nitrogens is 3. The van der Waals surface area contributed by atoms with Gasteiger partial charge in [-0.2, -0.15) is 15.0 Å². The van der Waals surface area contributed by atoms with Gasteiger partial charge in [0.05, 0.1) is 5.75 Å². The number of aryl methyl sites for hydroxylation is 2. The molecular weight excluding hydrogens is 432 g/mol. The summed E-state index contributed by atoms with van der Waals surface area (Å²) in [5.74, 6) is 0.837. The minimum absolute atomic E-state index is 0.126. The van der Waals surface area contributed by atoms with E-state index in [0.717, 1.165) is 22.6 Å². The first-order valence-corrected chi connectivity index (χ1v) is 11.4. The van der Waals surface area contributed by atoms with Crippen LogP contribution >= 0.6 is 11.8 Å². The smallest absolute Gasteiger partial charge is 0.234 e. The number of carbonyl (C=O) groups is 1. The molecule has 1 amide bonds. The van der Waals surface area contributed by atoms with E-state index in [9.17, 15) is 4.79 Å². The number of carbonyl (C=O) groups excluding carboxylic acids is 1. The number of hydrogen-bond donors (Lipinski definition) is 3. The summed E-state index contributed by atoms with van der Waals surface area (Å²) in [6, 6.07) is 25.2. The number of benzene rings is 3. The maximum atomic E-state index is 12.5. The van der Waals surface area contributed by atoms with Gasteiger partial charge in [-0.25, -0.2) is 0 Å². The molecule has 3 N–H and O–H groups in total. The number of anilines is 5. The van der Waals surface area contributed by atoms with E-state index < -0.39 is 0 Å². The van der Waals surface area contributed by atoms with E-state index in [2.05, 4.69) is 30.9 Å². The van der Waals surface area contributed by atoms with Crippen molar-refractivity contribution in [2.75, 3.05) is 21.7 Å². The maximum absolute atomic E-state index is 12.5. The van der Waals surface area contributed by atoms with Crippen molar-refractivity contribution in [3.63, 3.8) is 0 Å². The molecule has 0 aliphatic rings. The summed E-state index contributed by atoms with van der Waals surface area (Å²) < 4.78 is 0. The van der Waals surface area contributed by atoms with Crippen LogP contribution in [0.5, 0.6) is 0 Å². The fraction of sp³-hybridized carbons (Fsp3) is 0.120. The molecule has 4 rings (SSSR count). The maximum Gasteiger partial charge on any atom is 0.234 e. The molecule has 0 unspecified atom stereocenters. The van der Waals surface area contributed by atoms with E-state index in [1.807, 2.05) is 92.7 Å². The normalized spacial score (nSPS) is 10.5. The van der Waals surface area contributed by atoms with Crippen LogP contribution < -0.4 is 16.0 Å². The topological polar surface area (TPSA) is 91.8 Å². The monoisotopic (exact) mass is 456 g/mol. The number of rotatable bonds is 8. The lowest BCUT2D eigenvalue weighted by molar-refractivity contribution is -0.113. The largest absolute Gasteiger partial charge is 0.325 e. The van der Waals surface area contributed by atoms with Crippen molar-refractivity contribution in [1.82, 2.24) is 15.0 Å². The predicted octanol–water partition coefficient (Wildman–Crippen LogP) is 5.71. The molecule has 0 radical (unpaired) electrons. The minimum Gasteiger partial charge on any atom is -0.325 e. The fourth-order valence-electron chi connectivity index (χ4n) is 2.98. The Morgan fingerprint density at radius 2 is 1.30 bits per heavy atom. The van der Waals surface area contributed by atoms with Crippen LogP contribution in [0, 0.1) is 13.8 Å².